The number of piperazine rings is 1. The first-order valence-corrected chi connectivity index (χ1v) is 12.6. The molecule has 1 amide bonds. The van der Waals surface area contributed by atoms with Gasteiger partial charge < -0.3 is 14.6 Å². The first kappa shape index (κ1) is 23.0. The van der Waals surface area contributed by atoms with E-state index in [1.165, 1.54) is 15.9 Å². The lowest BCUT2D eigenvalue weighted by atomic mass is 10.1. The Balaban J connectivity index is 1.37. The Kier molecular flexibility index (Phi) is 6.99. The quantitative estimate of drug-likeness (QED) is 0.681. The van der Waals surface area contributed by atoms with E-state index in [0.717, 1.165) is 51.1 Å². The SMILES string of the molecule is Cc1oc(C(=O)NCc2cccc(CN3CCN(C)CC3)c2)cc1S(=O)(=O)N1CCCC1. The molecule has 1 aromatic carbocycles. The third kappa shape index (κ3) is 5.23. The number of rotatable bonds is 7. The van der Waals surface area contributed by atoms with Gasteiger partial charge in [-0.15, -0.1) is 0 Å². The second-order valence-corrected chi connectivity index (χ2v) is 10.6. The van der Waals surface area contributed by atoms with Crippen LogP contribution in [0, 0.1) is 6.92 Å². The first-order chi connectivity index (χ1) is 15.3. The van der Waals surface area contributed by atoms with Gasteiger partial charge in [0, 0.05) is 58.4 Å². The summed E-state index contributed by atoms with van der Waals surface area (Å²) in [6.07, 6.45) is 1.72. The van der Waals surface area contributed by atoms with Gasteiger partial charge in [0.2, 0.25) is 10.0 Å². The van der Waals surface area contributed by atoms with Crippen LogP contribution in [0.5, 0.6) is 0 Å². The summed E-state index contributed by atoms with van der Waals surface area (Å²) < 4.78 is 32.6. The van der Waals surface area contributed by atoms with Gasteiger partial charge in [0.05, 0.1) is 0 Å². The van der Waals surface area contributed by atoms with Crippen LogP contribution in [0.25, 0.3) is 0 Å². The topological polar surface area (TPSA) is 86.1 Å². The maximum absolute atomic E-state index is 12.8. The Labute approximate surface area is 190 Å². The predicted molar refractivity (Wildman–Crippen MR) is 122 cm³/mol. The van der Waals surface area contributed by atoms with E-state index in [1.807, 2.05) is 12.1 Å². The van der Waals surface area contributed by atoms with Gasteiger partial charge in [0.25, 0.3) is 5.91 Å². The van der Waals surface area contributed by atoms with E-state index in [-0.39, 0.29) is 16.4 Å². The van der Waals surface area contributed by atoms with Crippen LogP contribution in [0.2, 0.25) is 0 Å². The number of hydrogen-bond acceptors (Lipinski definition) is 6. The minimum Gasteiger partial charge on any atom is -0.455 e. The maximum Gasteiger partial charge on any atom is 0.287 e. The van der Waals surface area contributed by atoms with Gasteiger partial charge in [-0.2, -0.15) is 4.31 Å². The standard InChI is InChI=1S/C23H32N4O4S/c1-18-22(32(29,30)27-8-3-4-9-27)15-21(31-18)23(28)24-16-19-6-5-7-20(14-19)17-26-12-10-25(2)11-13-26/h5-7,14-15H,3-4,8-13,16-17H2,1-2H3,(H,24,28). The smallest absolute Gasteiger partial charge is 0.287 e. The molecule has 2 aromatic rings. The number of benzene rings is 1. The molecule has 4 rings (SSSR count). The summed E-state index contributed by atoms with van der Waals surface area (Å²) in [5.41, 5.74) is 2.22. The minimum absolute atomic E-state index is 0.0221. The van der Waals surface area contributed by atoms with E-state index >= 15 is 0 Å². The number of nitrogens with zero attached hydrogens (tertiary/aromatic N) is 3. The zero-order chi connectivity index (χ0) is 22.7. The van der Waals surface area contributed by atoms with Gasteiger partial charge in [0.1, 0.15) is 10.7 Å². The molecule has 0 unspecified atom stereocenters. The lowest BCUT2D eigenvalue weighted by Gasteiger charge is -2.32. The van der Waals surface area contributed by atoms with Crippen LogP contribution in [0.1, 0.15) is 40.3 Å². The van der Waals surface area contributed by atoms with Crippen molar-refractivity contribution in [3.05, 3.63) is 53.0 Å². The summed E-state index contributed by atoms with van der Waals surface area (Å²) in [4.78, 5) is 17.5. The largest absolute Gasteiger partial charge is 0.455 e. The molecule has 8 nitrogen and oxygen atoms in total. The molecule has 2 aliphatic rings. The molecule has 2 aliphatic heterocycles. The number of sulfonamides is 1. The molecular formula is C23H32N4O4S. The molecule has 1 N–H and O–H groups in total. The highest BCUT2D eigenvalue weighted by Crippen LogP contribution is 2.26. The van der Waals surface area contributed by atoms with Gasteiger partial charge in [-0.05, 0) is 37.9 Å². The summed E-state index contributed by atoms with van der Waals surface area (Å²) in [5.74, 6) is -0.148. The van der Waals surface area contributed by atoms with Crippen molar-refractivity contribution >= 4 is 15.9 Å². The van der Waals surface area contributed by atoms with Crippen molar-refractivity contribution in [3.8, 4) is 0 Å². The van der Waals surface area contributed by atoms with Crippen molar-refractivity contribution in [2.24, 2.45) is 0 Å². The lowest BCUT2D eigenvalue weighted by molar-refractivity contribution is 0.0922. The first-order valence-electron chi connectivity index (χ1n) is 11.2. The van der Waals surface area contributed by atoms with Crippen molar-refractivity contribution in [1.29, 1.82) is 0 Å². The molecule has 0 aliphatic carbocycles. The maximum atomic E-state index is 12.8. The fourth-order valence-corrected chi connectivity index (χ4v) is 5.95. The van der Waals surface area contributed by atoms with Gasteiger partial charge >= 0.3 is 0 Å². The zero-order valence-electron chi connectivity index (χ0n) is 18.8. The summed E-state index contributed by atoms with van der Waals surface area (Å²) in [6, 6.07) is 9.54. The number of nitrogens with one attached hydrogen (secondary N) is 1. The number of carbonyl (C=O) groups is 1. The van der Waals surface area contributed by atoms with Crippen molar-refractivity contribution < 1.29 is 17.6 Å². The van der Waals surface area contributed by atoms with Crippen molar-refractivity contribution in [2.75, 3.05) is 46.3 Å². The number of aryl methyl sites for hydroxylation is 1. The van der Waals surface area contributed by atoms with Crippen molar-refractivity contribution in [1.82, 2.24) is 19.4 Å². The van der Waals surface area contributed by atoms with Crippen LogP contribution < -0.4 is 5.32 Å². The second kappa shape index (κ2) is 9.74. The third-order valence-corrected chi connectivity index (χ3v) is 8.23. The van der Waals surface area contributed by atoms with E-state index in [0.29, 0.717) is 19.6 Å². The van der Waals surface area contributed by atoms with E-state index in [9.17, 15) is 13.2 Å². The van der Waals surface area contributed by atoms with Gasteiger partial charge in [-0.1, -0.05) is 24.3 Å². The van der Waals surface area contributed by atoms with E-state index in [4.69, 9.17) is 4.42 Å². The van der Waals surface area contributed by atoms with E-state index in [1.54, 1.807) is 6.92 Å². The van der Waals surface area contributed by atoms with Gasteiger partial charge in [-0.25, -0.2) is 8.42 Å². The molecule has 0 saturated carbocycles. The normalized spacial score (nSPS) is 18.8. The van der Waals surface area contributed by atoms with Crippen LogP contribution in [-0.2, 0) is 23.1 Å². The predicted octanol–water partition coefficient (Wildman–Crippen LogP) is 2.05. The van der Waals surface area contributed by atoms with E-state index < -0.39 is 15.9 Å². The highest BCUT2D eigenvalue weighted by Gasteiger charge is 2.31. The number of likely N-dealkylation sites (N-methyl/N-ethyl adjacent to an activating group) is 1. The Morgan fingerprint density at radius 1 is 1.03 bits per heavy atom. The van der Waals surface area contributed by atoms with Gasteiger partial charge in [0.15, 0.2) is 5.76 Å². The molecule has 0 atom stereocenters. The van der Waals surface area contributed by atoms with Crippen LogP contribution >= 0.6 is 0 Å². The summed E-state index contributed by atoms with van der Waals surface area (Å²) in [5, 5.41) is 2.85. The summed E-state index contributed by atoms with van der Waals surface area (Å²) in [6.45, 7) is 8.12. The molecule has 2 fully saturated rings. The minimum atomic E-state index is -3.62. The molecular weight excluding hydrogens is 428 g/mol. The average molecular weight is 461 g/mol. The molecule has 9 heteroatoms. The fraction of sp³-hybridized carbons (Fsp3) is 0.522. The van der Waals surface area contributed by atoms with Crippen LogP contribution in [0.15, 0.2) is 39.6 Å². The average Bonchev–Trinajstić information content (AvgIpc) is 3.45. The highest BCUT2D eigenvalue weighted by molar-refractivity contribution is 7.89. The molecule has 0 bridgehead atoms. The third-order valence-electron chi connectivity index (χ3n) is 6.23. The molecule has 32 heavy (non-hydrogen) atoms. The highest BCUT2D eigenvalue weighted by atomic mass is 32.2. The van der Waals surface area contributed by atoms with Crippen LogP contribution in [-0.4, -0.2) is 74.7 Å². The molecule has 2 saturated heterocycles. The molecule has 3 heterocycles. The lowest BCUT2D eigenvalue weighted by Crippen LogP contribution is -2.43. The number of carbonyl (C=O) groups excluding carboxylic acids is 1. The summed E-state index contributed by atoms with van der Waals surface area (Å²) in [7, 11) is -1.48. The molecule has 174 valence electrons. The van der Waals surface area contributed by atoms with Gasteiger partial charge in [-0.3, -0.25) is 9.69 Å². The fourth-order valence-electron chi connectivity index (χ4n) is 4.27. The number of furan rings is 1. The van der Waals surface area contributed by atoms with Crippen LogP contribution in [0.3, 0.4) is 0 Å². The Bertz CT molecular complexity index is 1050. The molecule has 0 radical (unpaired) electrons. The molecule has 0 spiro atoms. The summed E-state index contributed by atoms with van der Waals surface area (Å²) >= 11 is 0. The van der Waals surface area contributed by atoms with E-state index in [2.05, 4.69) is 34.3 Å². The van der Waals surface area contributed by atoms with Crippen molar-refractivity contribution in [3.63, 3.8) is 0 Å². The number of amides is 1. The zero-order valence-corrected chi connectivity index (χ0v) is 19.7. The van der Waals surface area contributed by atoms with Crippen LogP contribution in [0.4, 0.5) is 0 Å². The molecule has 1 aromatic heterocycles. The van der Waals surface area contributed by atoms with Crippen molar-refractivity contribution in [2.45, 2.75) is 37.8 Å². The number of hydrogen-bond donors (Lipinski definition) is 1. The Hall–Kier alpha value is -2.20. The Morgan fingerprint density at radius 2 is 1.72 bits per heavy atom. The second-order valence-electron chi connectivity index (χ2n) is 8.72. The monoisotopic (exact) mass is 460 g/mol. The Morgan fingerprint density at radius 3 is 2.44 bits per heavy atom.